The van der Waals surface area contributed by atoms with Crippen LogP contribution in [0.25, 0.3) is 0 Å². The number of nitrogens with one attached hydrogen (secondary N) is 2. The van der Waals surface area contributed by atoms with Crippen LogP contribution in [0.3, 0.4) is 0 Å². The molecule has 2 aromatic carbocycles. The first-order valence-corrected chi connectivity index (χ1v) is 6.31. The van der Waals surface area contributed by atoms with Gasteiger partial charge in [-0.3, -0.25) is 0 Å². The average molecular weight is 240 g/mol. The van der Waals surface area contributed by atoms with Gasteiger partial charge in [-0.1, -0.05) is 60.7 Å². The van der Waals surface area contributed by atoms with Crippen LogP contribution in [0, 0.1) is 0 Å². The smallest absolute Gasteiger partial charge is 0.0515 e. The van der Waals surface area contributed by atoms with E-state index in [9.17, 15) is 0 Å². The molecule has 94 valence electrons. The predicted octanol–water partition coefficient (Wildman–Crippen LogP) is 2.91. The molecule has 0 aliphatic rings. The summed E-state index contributed by atoms with van der Waals surface area (Å²) in [5.41, 5.74) is 2.59. The fraction of sp³-hybridized carbons (Fsp3) is 0.250. The van der Waals surface area contributed by atoms with Crippen molar-refractivity contribution in [2.75, 3.05) is 14.1 Å². The first-order chi connectivity index (χ1) is 8.86. The van der Waals surface area contributed by atoms with Gasteiger partial charge in [-0.25, -0.2) is 0 Å². The summed E-state index contributed by atoms with van der Waals surface area (Å²) in [6.45, 7) is 0. The minimum atomic E-state index is 0.263. The second-order valence-electron chi connectivity index (χ2n) is 4.35. The zero-order valence-electron chi connectivity index (χ0n) is 10.9. The third-order valence-electron chi connectivity index (χ3n) is 3.27. The van der Waals surface area contributed by atoms with E-state index in [1.807, 2.05) is 26.2 Å². The predicted molar refractivity (Wildman–Crippen MR) is 76.5 cm³/mol. The molecule has 2 aromatic rings. The Hall–Kier alpha value is -1.64. The minimum absolute atomic E-state index is 0.263. The fourth-order valence-electron chi connectivity index (χ4n) is 2.37. The molecule has 0 aromatic heterocycles. The molecule has 0 saturated heterocycles. The monoisotopic (exact) mass is 240 g/mol. The van der Waals surface area contributed by atoms with Crippen LogP contribution in [0.1, 0.15) is 23.2 Å². The Bertz CT molecular complexity index is 408. The van der Waals surface area contributed by atoms with Crippen molar-refractivity contribution in [3.63, 3.8) is 0 Å². The largest absolute Gasteiger partial charge is 0.311 e. The Balaban J connectivity index is 2.31. The highest BCUT2D eigenvalue weighted by Crippen LogP contribution is 2.27. The molecule has 2 rings (SSSR count). The highest BCUT2D eigenvalue weighted by Gasteiger charge is 2.21. The van der Waals surface area contributed by atoms with Crippen LogP contribution in [-0.2, 0) is 0 Å². The van der Waals surface area contributed by atoms with E-state index in [2.05, 4.69) is 59.2 Å². The summed E-state index contributed by atoms with van der Waals surface area (Å²) in [6.07, 6.45) is 0. The van der Waals surface area contributed by atoms with Crippen LogP contribution in [0.4, 0.5) is 0 Å². The highest BCUT2D eigenvalue weighted by atomic mass is 15.0. The molecule has 0 saturated carbocycles. The molecule has 18 heavy (non-hydrogen) atoms. The third-order valence-corrected chi connectivity index (χ3v) is 3.27. The molecule has 0 radical (unpaired) electrons. The first-order valence-electron chi connectivity index (χ1n) is 6.31. The van der Waals surface area contributed by atoms with Gasteiger partial charge in [-0.05, 0) is 25.2 Å². The summed E-state index contributed by atoms with van der Waals surface area (Å²) in [6, 6.07) is 21.6. The normalized spacial score (nSPS) is 14.1. The molecule has 2 N–H and O–H groups in total. The molecular weight excluding hydrogens is 220 g/mol. The lowest BCUT2D eigenvalue weighted by atomic mass is 9.93. The van der Waals surface area contributed by atoms with Gasteiger partial charge in [0.25, 0.3) is 0 Å². The van der Waals surface area contributed by atoms with E-state index in [1.54, 1.807) is 0 Å². The third kappa shape index (κ3) is 2.78. The molecular formula is C16H20N2. The van der Waals surface area contributed by atoms with Crippen molar-refractivity contribution in [2.45, 2.75) is 12.1 Å². The maximum Gasteiger partial charge on any atom is 0.0515 e. The highest BCUT2D eigenvalue weighted by molar-refractivity contribution is 5.27. The molecule has 2 nitrogen and oxygen atoms in total. The molecule has 0 bridgehead atoms. The van der Waals surface area contributed by atoms with E-state index in [0.29, 0.717) is 0 Å². The van der Waals surface area contributed by atoms with Crippen molar-refractivity contribution in [2.24, 2.45) is 0 Å². The van der Waals surface area contributed by atoms with Gasteiger partial charge in [0.2, 0.25) is 0 Å². The maximum atomic E-state index is 3.41. The molecule has 0 heterocycles. The Morgan fingerprint density at radius 3 is 1.22 bits per heavy atom. The Labute approximate surface area is 109 Å². The Kier molecular flexibility index (Phi) is 4.51. The van der Waals surface area contributed by atoms with E-state index in [-0.39, 0.29) is 12.1 Å². The second-order valence-corrected chi connectivity index (χ2v) is 4.35. The number of hydrogen-bond acceptors (Lipinski definition) is 2. The van der Waals surface area contributed by atoms with Crippen LogP contribution in [0.5, 0.6) is 0 Å². The van der Waals surface area contributed by atoms with Gasteiger partial charge in [-0.2, -0.15) is 0 Å². The lowest BCUT2D eigenvalue weighted by Gasteiger charge is -2.27. The van der Waals surface area contributed by atoms with Crippen molar-refractivity contribution in [1.82, 2.24) is 10.6 Å². The molecule has 0 fully saturated rings. The summed E-state index contributed by atoms with van der Waals surface area (Å²) in [5.74, 6) is 0. The SMILES string of the molecule is CN[C@H](c1ccccc1)[C@@H](NC)c1ccccc1. The van der Waals surface area contributed by atoms with E-state index >= 15 is 0 Å². The molecule has 0 aliphatic carbocycles. The van der Waals surface area contributed by atoms with Crippen molar-refractivity contribution in [3.8, 4) is 0 Å². The van der Waals surface area contributed by atoms with Crippen LogP contribution in [0.2, 0.25) is 0 Å². The topological polar surface area (TPSA) is 24.1 Å². The number of benzene rings is 2. The molecule has 0 aliphatic heterocycles. The van der Waals surface area contributed by atoms with Gasteiger partial charge < -0.3 is 10.6 Å². The lowest BCUT2D eigenvalue weighted by molar-refractivity contribution is 0.432. The van der Waals surface area contributed by atoms with Crippen LogP contribution in [0.15, 0.2) is 60.7 Å². The van der Waals surface area contributed by atoms with Gasteiger partial charge in [0.15, 0.2) is 0 Å². The van der Waals surface area contributed by atoms with Gasteiger partial charge in [0.1, 0.15) is 0 Å². The summed E-state index contributed by atoms with van der Waals surface area (Å²) < 4.78 is 0. The van der Waals surface area contributed by atoms with Gasteiger partial charge in [0, 0.05) is 0 Å². The van der Waals surface area contributed by atoms with Crippen molar-refractivity contribution >= 4 is 0 Å². The van der Waals surface area contributed by atoms with E-state index < -0.39 is 0 Å². The van der Waals surface area contributed by atoms with E-state index in [1.165, 1.54) is 11.1 Å². The van der Waals surface area contributed by atoms with E-state index in [0.717, 1.165) is 0 Å². The van der Waals surface area contributed by atoms with E-state index in [4.69, 9.17) is 0 Å². The van der Waals surface area contributed by atoms with Gasteiger partial charge >= 0.3 is 0 Å². The van der Waals surface area contributed by atoms with Crippen molar-refractivity contribution < 1.29 is 0 Å². The Morgan fingerprint density at radius 2 is 0.944 bits per heavy atom. The zero-order chi connectivity index (χ0) is 12.8. The summed E-state index contributed by atoms with van der Waals surface area (Å²) in [4.78, 5) is 0. The quantitative estimate of drug-likeness (QED) is 0.839. The lowest BCUT2D eigenvalue weighted by Crippen LogP contribution is -2.31. The Morgan fingerprint density at radius 1 is 0.611 bits per heavy atom. The summed E-state index contributed by atoms with van der Waals surface area (Å²) >= 11 is 0. The second kappa shape index (κ2) is 6.34. The van der Waals surface area contributed by atoms with Crippen LogP contribution >= 0.6 is 0 Å². The first kappa shape index (κ1) is 12.8. The molecule has 2 atom stereocenters. The fourth-order valence-corrected chi connectivity index (χ4v) is 2.37. The maximum absolute atomic E-state index is 3.41. The van der Waals surface area contributed by atoms with Crippen molar-refractivity contribution in [1.29, 1.82) is 0 Å². The minimum Gasteiger partial charge on any atom is -0.311 e. The standard InChI is InChI=1S/C16H20N2/c1-17-15(13-9-5-3-6-10-13)16(18-2)14-11-7-4-8-12-14/h3-12,15-18H,1-2H3/t15-,16+. The van der Waals surface area contributed by atoms with Crippen LogP contribution in [-0.4, -0.2) is 14.1 Å². The molecule has 2 heteroatoms. The molecule has 0 spiro atoms. The summed E-state index contributed by atoms with van der Waals surface area (Å²) in [7, 11) is 4.01. The number of hydrogen-bond donors (Lipinski definition) is 2. The number of likely N-dealkylation sites (N-methyl/N-ethyl adjacent to an activating group) is 2. The summed E-state index contributed by atoms with van der Waals surface area (Å²) in [5, 5.41) is 6.81. The zero-order valence-corrected chi connectivity index (χ0v) is 10.9. The molecule has 0 unspecified atom stereocenters. The van der Waals surface area contributed by atoms with Crippen molar-refractivity contribution in [3.05, 3.63) is 71.8 Å². The number of rotatable bonds is 5. The van der Waals surface area contributed by atoms with Crippen LogP contribution < -0.4 is 10.6 Å². The average Bonchev–Trinajstić information content (AvgIpc) is 2.46. The molecule has 0 amide bonds. The van der Waals surface area contributed by atoms with Gasteiger partial charge in [-0.15, -0.1) is 0 Å². The van der Waals surface area contributed by atoms with Gasteiger partial charge in [0.05, 0.1) is 12.1 Å².